The Morgan fingerprint density at radius 3 is 2.06 bits per heavy atom. The van der Waals surface area contributed by atoms with Gasteiger partial charge >= 0.3 is 0 Å². The summed E-state index contributed by atoms with van der Waals surface area (Å²) >= 11 is 0. The monoisotopic (exact) mass is 224 g/mol. The van der Waals surface area contributed by atoms with Gasteiger partial charge in [0.2, 0.25) is 0 Å². The van der Waals surface area contributed by atoms with Gasteiger partial charge in [-0.1, -0.05) is 0 Å². The molecule has 16 heavy (non-hydrogen) atoms. The maximum atomic E-state index is 9.57. The Morgan fingerprint density at radius 1 is 1.12 bits per heavy atom. The summed E-state index contributed by atoms with van der Waals surface area (Å²) in [6, 6.07) is 0. The molecule has 0 aromatic rings. The van der Waals surface area contributed by atoms with Crippen LogP contribution in [-0.4, -0.2) is 29.8 Å². The summed E-state index contributed by atoms with van der Waals surface area (Å²) in [6.07, 6.45) is 8.08. The van der Waals surface area contributed by atoms with Crippen molar-refractivity contribution >= 4 is 0 Å². The van der Waals surface area contributed by atoms with E-state index in [0.717, 1.165) is 17.8 Å². The van der Waals surface area contributed by atoms with E-state index in [1.807, 2.05) is 0 Å². The van der Waals surface area contributed by atoms with Gasteiger partial charge in [-0.05, 0) is 56.3 Å². The molecule has 0 saturated heterocycles. The van der Waals surface area contributed by atoms with Crippen molar-refractivity contribution in [3.63, 3.8) is 0 Å². The lowest BCUT2D eigenvalue weighted by atomic mass is 9.53. The molecule has 1 unspecified atom stereocenters. The van der Waals surface area contributed by atoms with Crippen LogP contribution in [0.15, 0.2) is 0 Å². The summed E-state index contributed by atoms with van der Waals surface area (Å²) in [5.41, 5.74) is 5.83. The standard InChI is InChI=1S/C13H24N2O/c14-7-12(16)8-15-13-4-9-1-10(5-13)3-11(2-9)6-13/h9-12,15-16H,1-8,14H2. The van der Waals surface area contributed by atoms with Crippen LogP contribution < -0.4 is 11.1 Å². The van der Waals surface area contributed by atoms with E-state index < -0.39 is 0 Å². The summed E-state index contributed by atoms with van der Waals surface area (Å²) in [5.74, 6) is 2.90. The molecule has 3 heteroatoms. The topological polar surface area (TPSA) is 58.3 Å². The van der Waals surface area contributed by atoms with Crippen molar-refractivity contribution in [3.8, 4) is 0 Å². The van der Waals surface area contributed by atoms with Gasteiger partial charge in [-0.2, -0.15) is 0 Å². The van der Waals surface area contributed by atoms with Crippen LogP contribution >= 0.6 is 0 Å². The molecule has 0 aromatic carbocycles. The molecule has 4 aliphatic carbocycles. The second kappa shape index (κ2) is 3.97. The molecule has 4 bridgehead atoms. The summed E-state index contributed by atoms with van der Waals surface area (Å²) in [7, 11) is 0. The molecule has 1 atom stereocenters. The molecule has 4 aliphatic rings. The van der Waals surface area contributed by atoms with Gasteiger partial charge in [-0.15, -0.1) is 0 Å². The van der Waals surface area contributed by atoms with Gasteiger partial charge in [-0.3, -0.25) is 0 Å². The summed E-state index contributed by atoms with van der Waals surface area (Å²) in [5, 5.41) is 13.2. The van der Waals surface area contributed by atoms with Crippen molar-refractivity contribution in [3.05, 3.63) is 0 Å². The summed E-state index contributed by atoms with van der Waals surface area (Å²) in [4.78, 5) is 0. The van der Waals surface area contributed by atoms with E-state index in [9.17, 15) is 5.11 Å². The molecule has 4 N–H and O–H groups in total. The third-order valence-electron chi connectivity index (χ3n) is 5.02. The molecule has 92 valence electrons. The molecule has 3 nitrogen and oxygen atoms in total. The quantitative estimate of drug-likeness (QED) is 0.664. The van der Waals surface area contributed by atoms with E-state index in [4.69, 9.17) is 5.73 Å². The fourth-order valence-corrected chi connectivity index (χ4v) is 4.74. The minimum atomic E-state index is -0.368. The van der Waals surface area contributed by atoms with E-state index in [1.165, 1.54) is 38.5 Å². The summed E-state index contributed by atoms with van der Waals surface area (Å²) in [6.45, 7) is 1.06. The van der Waals surface area contributed by atoms with Crippen LogP contribution in [0, 0.1) is 17.8 Å². The first-order valence-corrected chi connectivity index (χ1v) is 6.82. The Kier molecular flexibility index (Phi) is 2.73. The Bertz CT molecular complexity index is 231. The molecule has 0 amide bonds. The van der Waals surface area contributed by atoms with Crippen molar-refractivity contribution < 1.29 is 5.11 Å². The van der Waals surface area contributed by atoms with Gasteiger partial charge < -0.3 is 16.2 Å². The van der Waals surface area contributed by atoms with Crippen molar-refractivity contribution in [2.24, 2.45) is 23.5 Å². The smallest absolute Gasteiger partial charge is 0.0786 e. The van der Waals surface area contributed by atoms with Crippen molar-refractivity contribution in [2.75, 3.05) is 13.1 Å². The van der Waals surface area contributed by atoms with E-state index >= 15 is 0 Å². The first-order chi connectivity index (χ1) is 7.69. The number of nitrogens with two attached hydrogens (primary N) is 1. The lowest BCUT2D eigenvalue weighted by molar-refractivity contribution is -0.0243. The predicted molar refractivity (Wildman–Crippen MR) is 64.0 cm³/mol. The largest absolute Gasteiger partial charge is 0.390 e. The fourth-order valence-electron chi connectivity index (χ4n) is 4.74. The zero-order valence-electron chi connectivity index (χ0n) is 9.99. The molecule has 0 spiro atoms. The first kappa shape index (κ1) is 11.0. The molecule has 0 aromatic heterocycles. The summed E-state index contributed by atoms with van der Waals surface area (Å²) < 4.78 is 0. The van der Waals surface area contributed by atoms with Gasteiger partial charge in [0.05, 0.1) is 6.10 Å². The zero-order valence-corrected chi connectivity index (χ0v) is 9.99. The van der Waals surface area contributed by atoms with Gasteiger partial charge in [0.25, 0.3) is 0 Å². The minimum absolute atomic E-state index is 0.366. The predicted octanol–water partition coefficient (Wildman–Crippen LogP) is 0.864. The van der Waals surface area contributed by atoms with Crippen molar-refractivity contribution in [2.45, 2.75) is 50.2 Å². The highest BCUT2D eigenvalue weighted by Gasteiger charge is 2.50. The number of rotatable bonds is 4. The highest BCUT2D eigenvalue weighted by Crippen LogP contribution is 2.55. The fraction of sp³-hybridized carbons (Fsp3) is 1.00. The number of hydrogen-bond donors (Lipinski definition) is 3. The lowest BCUT2D eigenvalue weighted by Crippen LogP contribution is -2.59. The Hall–Kier alpha value is -0.120. The second-order valence-corrected chi connectivity index (χ2v) is 6.47. The van der Waals surface area contributed by atoms with E-state index in [2.05, 4.69) is 5.32 Å². The lowest BCUT2D eigenvalue weighted by Gasteiger charge is -2.57. The van der Waals surface area contributed by atoms with Crippen LogP contribution in [0.1, 0.15) is 38.5 Å². The molecule has 0 aliphatic heterocycles. The Labute approximate surface area is 97.8 Å². The number of aliphatic hydroxyl groups is 1. The minimum Gasteiger partial charge on any atom is -0.390 e. The number of β-amino-alcohol motifs (C(OH)–C–C–N with tert-alkyl or cyclic N) is 1. The highest BCUT2D eigenvalue weighted by atomic mass is 16.3. The average Bonchev–Trinajstić information content (AvgIpc) is 2.24. The molecule has 0 radical (unpaired) electrons. The Morgan fingerprint density at radius 2 is 1.62 bits per heavy atom. The van der Waals surface area contributed by atoms with E-state index in [0.29, 0.717) is 18.6 Å². The van der Waals surface area contributed by atoms with Crippen LogP contribution in [0.3, 0.4) is 0 Å². The number of aliphatic hydroxyl groups excluding tert-OH is 1. The third-order valence-corrected chi connectivity index (χ3v) is 5.02. The molecular formula is C13H24N2O. The number of nitrogens with one attached hydrogen (secondary N) is 1. The second-order valence-electron chi connectivity index (χ2n) is 6.47. The van der Waals surface area contributed by atoms with Crippen LogP contribution in [-0.2, 0) is 0 Å². The first-order valence-electron chi connectivity index (χ1n) is 6.82. The van der Waals surface area contributed by atoms with Crippen LogP contribution in [0.5, 0.6) is 0 Å². The van der Waals surface area contributed by atoms with Crippen molar-refractivity contribution in [1.82, 2.24) is 5.32 Å². The third kappa shape index (κ3) is 1.89. The van der Waals surface area contributed by atoms with Gasteiger partial charge in [0.1, 0.15) is 0 Å². The van der Waals surface area contributed by atoms with Crippen LogP contribution in [0.25, 0.3) is 0 Å². The molecule has 0 heterocycles. The maximum absolute atomic E-state index is 9.57. The van der Waals surface area contributed by atoms with E-state index in [-0.39, 0.29) is 6.10 Å². The normalized spacial score (nSPS) is 47.2. The van der Waals surface area contributed by atoms with Crippen LogP contribution in [0.2, 0.25) is 0 Å². The molecule has 4 rings (SSSR count). The van der Waals surface area contributed by atoms with Crippen molar-refractivity contribution in [1.29, 1.82) is 0 Å². The van der Waals surface area contributed by atoms with E-state index in [1.54, 1.807) is 0 Å². The molecular weight excluding hydrogens is 200 g/mol. The average molecular weight is 224 g/mol. The zero-order chi connectivity index (χ0) is 11.2. The highest BCUT2D eigenvalue weighted by molar-refractivity contribution is 5.06. The Balaban J connectivity index is 1.64. The molecule has 4 saturated carbocycles. The SMILES string of the molecule is NCC(O)CNC12CC3CC(CC(C3)C1)C2. The maximum Gasteiger partial charge on any atom is 0.0786 e. The number of hydrogen-bond acceptors (Lipinski definition) is 3. The van der Waals surface area contributed by atoms with Gasteiger partial charge in [0, 0.05) is 18.6 Å². The molecule has 4 fully saturated rings. The van der Waals surface area contributed by atoms with Gasteiger partial charge in [-0.25, -0.2) is 0 Å². The van der Waals surface area contributed by atoms with Gasteiger partial charge in [0.15, 0.2) is 0 Å². The van der Waals surface area contributed by atoms with Crippen LogP contribution in [0.4, 0.5) is 0 Å².